The first kappa shape index (κ1) is 16.3. The van der Waals surface area contributed by atoms with Crippen molar-refractivity contribution in [2.24, 2.45) is 7.05 Å². The van der Waals surface area contributed by atoms with Gasteiger partial charge >= 0.3 is 5.97 Å². The lowest BCUT2D eigenvalue weighted by Gasteiger charge is -2.18. The third-order valence-electron chi connectivity index (χ3n) is 4.20. The van der Waals surface area contributed by atoms with Gasteiger partial charge in [0.05, 0.1) is 12.8 Å². The van der Waals surface area contributed by atoms with Crippen LogP contribution in [0.3, 0.4) is 0 Å². The first-order chi connectivity index (χ1) is 11.5. The van der Waals surface area contributed by atoms with Gasteiger partial charge in [-0.3, -0.25) is 4.68 Å². The Balaban J connectivity index is 1.97. The van der Waals surface area contributed by atoms with Crippen molar-refractivity contribution in [2.75, 3.05) is 27.2 Å². The van der Waals surface area contributed by atoms with E-state index in [-0.39, 0.29) is 11.8 Å². The van der Waals surface area contributed by atoms with Gasteiger partial charge < -0.3 is 19.5 Å². The van der Waals surface area contributed by atoms with Crippen LogP contribution in [0.25, 0.3) is 11.3 Å². The molecule has 2 aromatic rings. The quantitative estimate of drug-likeness (QED) is 0.901. The molecular weight excluding hydrogens is 310 g/mol. The van der Waals surface area contributed by atoms with E-state index in [0.717, 1.165) is 25.1 Å². The summed E-state index contributed by atoms with van der Waals surface area (Å²) in [5, 5.41) is 13.1. The number of hydrogen-bond acceptors (Lipinski definition) is 5. The summed E-state index contributed by atoms with van der Waals surface area (Å²) in [6.07, 6.45) is 1.10. The van der Waals surface area contributed by atoms with Gasteiger partial charge in [0.1, 0.15) is 6.10 Å². The van der Waals surface area contributed by atoms with E-state index in [1.165, 1.54) is 10.7 Å². The minimum Gasteiger partial charge on any atom is -0.492 e. The van der Waals surface area contributed by atoms with Crippen molar-refractivity contribution in [3.8, 4) is 22.8 Å². The van der Waals surface area contributed by atoms with E-state index >= 15 is 0 Å². The molecule has 1 N–H and O–H groups in total. The number of rotatable bonds is 5. The Morgan fingerprint density at radius 2 is 2.17 bits per heavy atom. The fourth-order valence-electron chi connectivity index (χ4n) is 3.02. The molecule has 1 aromatic heterocycles. The van der Waals surface area contributed by atoms with E-state index in [1.54, 1.807) is 14.2 Å². The highest BCUT2D eigenvalue weighted by atomic mass is 16.5. The number of ether oxygens (including phenoxy) is 2. The van der Waals surface area contributed by atoms with E-state index in [4.69, 9.17) is 14.6 Å². The number of carboxylic acid groups (broad SMARTS) is 1. The van der Waals surface area contributed by atoms with Gasteiger partial charge in [-0.25, -0.2) is 4.79 Å². The molecule has 3 rings (SSSR count). The topological polar surface area (TPSA) is 76.8 Å². The first-order valence-electron chi connectivity index (χ1n) is 7.79. The molecule has 128 valence electrons. The molecule has 0 radical (unpaired) electrons. The smallest absolute Gasteiger partial charge is 0.356 e. The van der Waals surface area contributed by atoms with E-state index in [2.05, 4.69) is 17.0 Å². The molecule has 7 heteroatoms. The first-order valence-corrected chi connectivity index (χ1v) is 7.79. The largest absolute Gasteiger partial charge is 0.492 e. The van der Waals surface area contributed by atoms with Gasteiger partial charge in [0.15, 0.2) is 17.2 Å². The number of benzene rings is 1. The molecular formula is C17H21N3O4. The molecule has 0 amide bonds. The predicted molar refractivity (Wildman–Crippen MR) is 88.7 cm³/mol. The van der Waals surface area contributed by atoms with Crippen LogP contribution in [0.15, 0.2) is 24.3 Å². The molecule has 1 unspecified atom stereocenters. The molecule has 0 spiro atoms. The Morgan fingerprint density at radius 3 is 2.75 bits per heavy atom. The molecule has 7 nitrogen and oxygen atoms in total. The summed E-state index contributed by atoms with van der Waals surface area (Å²) in [7, 11) is 5.36. The van der Waals surface area contributed by atoms with Crippen LogP contribution in [-0.4, -0.2) is 59.1 Å². The van der Waals surface area contributed by atoms with Crippen LogP contribution in [0.2, 0.25) is 0 Å². The summed E-state index contributed by atoms with van der Waals surface area (Å²) >= 11 is 0. The Bertz CT molecular complexity index is 756. The Hall–Kier alpha value is -2.54. The van der Waals surface area contributed by atoms with E-state index < -0.39 is 5.97 Å². The molecule has 1 aliphatic rings. The SMILES string of the molecule is COc1c(OC2CCN(C)C2)cccc1-c1cc(C(=O)O)nn1C. The van der Waals surface area contributed by atoms with Gasteiger partial charge in [-0.2, -0.15) is 5.10 Å². The van der Waals surface area contributed by atoms with Crippen molar-refractivity contribution in [2.45, 2.75) is 12.5 Å². The van der Waals surface area contributed by atoms with Gasteiger partial charge in [-0.15, -0.1) is 0 Å². The van der Waals surface area contributed by atoms with Crippen LogP contribution in [0.5, 0.6) is 11.5 Å². The van der Waals surface area contributed by atoms with E-state index in [9.17, 15) is 4.79 Å². The number of methoxy groups -OCH3 is 1. The zero-order chi connectivity index (χ0) is 17.3. The van der Waals surface area contributed by atoms with E-state index in [1.807, 2.05) is 18.2 Å². The lowest BCUT2D eigenvalue weighted by Crippen LogP contribution is -2.21. The molecule has 0 aliphatic carbocycles. The van der Waals surface area contributed by atoms with Crippen LogP contribution in [0.1, 0.15) is 16.9 Å². The Labute approximate surface area is 140 Å². The highest BCUT2D eigenvalue weighted by Gasteiger charge is 2.24. The molecule has 1 aliphatic heterocycles. The van der Waals surface area contributed by atoms with Crippen molar-refractivity contribution in [3.05, 3.63) is 30.0 Å². The fourth-order valence-corrected chi connectivity index (χ4v) is 3.02. The van der Waals surface area contributed by atoms with Crippen LogP contribution < -0.4 is 9.47 Å². The zero-order valence-corrected chi connectivity index (χ0v) is 14.0. The van der Waals surface area contributed by atoms with Gasteiger partial charge in [0.25, 0.3) is 0 Å². The normalized spacial score (nSPS) is 17.9. The summed E-state index contributed by atoms with van der Waals surface area (Å²) in [4.78, 5) is 13.4. The number of carbonyl (C=O) groups is 1. The fraction of sp³-hybridized carbons (Fsp3) is 0.412. The summed E-state index contributed by atoms with van der Waals surface area (Å²) in [6, 6.07) is 7.15. The molecule has 1 fully saturated rings. The second-order valence-electron chi connectivity index (χ2n) is 5.97. The molecule has 2 heterocycles. The number of aromatic carboxylic acids is 1. The van der Waals surface area contributed by atoms with Crippen LogP contribution in [-0.2, 0) is 7.05 Å². The minimum absolute atomic E-state index is 0.00158. The maximum atomic E-state index is 11.1. The summed E-state index contributed by atoms with van der Waals surface area (Å²) in [6.45, 7) is 1.89. The number of para-hydroxylation sites is 1. The maximum absolute atomic E-state index is 11.1. The number of aryl methyl sites for hydroxylation is 1. The van der Waals surface area contributed by atoms with Crippen molar-refractivity contribution in [1.82, 2.24) is 14.7 Å². The third-order valence-corrected chi connectivity index (χ3v) is 4.20. The number of hydrogen-bond donors (Lipinski definition) is 1. The van der Waals surface area contributed by atoms with Crippen molar-refractivity contribution >= 4 is 5.97 Å². The average Bonchev–Trinajstić information content (AvgIpc) is 3.13. The summed E-state index contributed by atoms with van der Waals surface area (Å²) < 4.78 is 13.2. The number of likely N-dealkylation sites (tertiary alicyclic amines) is 1. The lowest BCUT2D eigenvalue weighted by atomic mass is 10.1. The van der Waals surface area contributed by atoms with E-state index in [0.29, 0.717) is 17.2 Å². The van der Waals surface area contributed by atoms with Gasteiger partial charge in [0, 0.05) is 25.7 Å². The second kappa shape index (κ2) is 6.52. The standard InChI is InChI=1S/C17H21N3O4/c1-19-8-7-11(10-19)24-15-6-4-5-12(16(15)23-3)14-9-13(17(21)22)18-20(14)2/h4-6,9,11H,7-8,10H2,1-3H3,(H,21,22). The number of nitrogens with zero attached hydrogens (tertiary/aromatic N) is 3. The molecule has 1 saturated heterocycles. The Kier molecular flexibility index (Phi) is 4.44. The van der Waals surface area contributed by atoms with Crippen LogP contribution in [0, 0.1) is 0 Å². The highest BCUT2D eigenvalue weighted by Crippen LogP contribution is 2.39. The summed E-state index contributed by atoms with van der Waals surface area (Å²) in [5.74, 6) is 0.192. The molecule has 1 aromatic carbocycles. The second-order valence-corrected chi connectivity index (χ2v) is 5.97. The number of aromatic nitrogens is 2. The summed E-state index contributed by atoms with van der Waals surface area (Å²) in [5.41, 5.74) is 1.42. The monoisotopic (exact) mass is 331 g/mol. The van der Waals surface area contributed by atoms with Gasteiger partial charge in [-0.1, -0.05) is 6.07 Å². The molecule has 1 atom stereocenters. The van der Waals surface area contributed by atoms with Gasteiger partial charge in [-0.05, 0) is 31.7 Å². The Morgan fingerprint density at radius 1 is 1.38 bits per heavy atom. The molecule has 0 saturated carbocycles. The zero-order valence-electron chi connectivity index (χ0n) is 14.0. The average molecular weight is 331 g/mol. The highest BCUT2D eigenvalue weighted by molar-refractivity contribution is 5.87. The molecule has 0 bridgehead atoms. The predicted octanol–water partition coefficient (Wildman–Crippen LogP) is 1.88. The van der Waals surface area contributed by atoms with Crippen LogP contribution in [0.4, 0.5) is 0 Å². The van der Waals surface area contributed by atoms with Gasteiger partial charge in [0.2, 0.25) is 0 Å². The van der Waals surface area contributed by atoms with Crippen LogP contribution >= 0.6 is 0 Å². The van der Waals surface area contributed by atoms with Crippen molar-refractivity contribution in [3.63, 3.8) is 0 Å². The van der Waals surface area contributed by atoms with Crippen molar-refractivity contribution in [1.29, 1.82) is 0 Å². The number of likely N-dealkylation sites (N-methyl/N-ethyl adjacent to an activating group) is 1. The lowest BCUT2D eigenvalue weighted by molar-refractivity contribution is 0.0689. The number of carboxylic acids is 1. The molecule has 24 heavy (non-hydrogen) atoms. The van der Waals surface area contributed by atoms with Crippen molar-refractivity contribution < 1.29 is 19.4 Å². The maximum Gasteiger partial charge on any atom is 0.356 e. The third kappa shape index (κ3) is 3.07. The minimum atomic E-state index is -1.06.